The van der Waals surface area contributed by atoms with Crippen LogP contribution in [0.2, 0.25) is 0 Å². The first-order valence-corrected chi connectivity index (χ1v) is 20.2. The van der Waals surface area contributed by atoms with Crippen LogP contribution in [0.15, 0.2) is 211 Å². The molecule has 1 aromatic heterocycles. The van der Waals surface area contributed by atoms with Crippen LogP contribution >= 0.6 is 0 Å². The number of fused-ring (bicyclic) bond motifs is 7. The van der Waals surface area contributed by atoms with Crippen molar-refractivity contribution >= 4 is 65.0 Å². The van der Waals surface area contributed by atoms with Gasteiger partial charge in [0.1, 0.15) is 11.2 Å². The lowest BCUT2D eigenvalue weighted by Crippen LogP contribution is -2.28. The maximum atomic E-state index is 6.35. The highest BCUT2D eigenvalue weighted by molar-refractivity contribution is 6.24. The summed E-state index contributed by atoms with van der Waals surface area (Å²) < 4.78 is 6.35. The van der Waals surface area contributed by atoms with Crippen molar-refractivity contribution < 1.29 is 4.42 Å². The predicted molar refractivity (Wildman–Crippen MR) is 243 cm³/mol. The summed E-state index contributed by atoms with van der Waals surface area (Å²) in [7, 11) is 0. The van der Waals surface area contributed by atoms with Crippen LogP contribution in [-0.2, 0) is 5.41 Å². The maximum Gasteiger partial charge on any atom is 0.135 e. The van der Waals surface area contributed by atoms with Gasteiger partial charge in [-0.15, -0.1) is 0 Å². The van der Waals surface area contributed by atoms with Crippen LogP contribution in [0.25, 0.3) is 98.4 Å². The topological polar surface area (TPSA) is 13.1 Å². The predicted octanol–water partition coefficient (Wildman–Crippen LogP) is 15.3. The van der Waals surface area contributed by atoms with Crippen molar-refractivity contribution in [3.8, 4) is 33.4 Å². The van der Waals surface area contributed by atoms with E-state index in [-0.39, 0.29) is 0 Å². The zero-order valence-electron chi connectivity index (χ0n) is 31.5. The molecule has 1 nitrogen and oxygen atoms in total. The number of rotatable bonds is 4. The van der Waals surface area contributed by atoms with Gasteiger partial charge in [-0.2, -0.15) is 0 Å². The molecule has 0 unspecified atom stereocenters. The van der Waals surface area contributed by atoms with E-state index in [1.807, 2.05) is 6.07 Å². The molecule has 0 spiro atoms. The second-order valence-corrected chi connectivity index (χ2v) is 16.0. The van der Waals surface area contributed by atoms with Gasteiger partial charge in [0, 0.05) is 10.8 Å². The van der Waals surface area contributed by atoms with Crippen LogP contribution in [0, 0.1) is 0 Å². The highest BCUT2D eigenvalue weighted by Gasteiger charge is 2.47. The number of hydrogen-bond acceptors (Lipinski definition) is 1. The van der Waals surface area contributed by atoms with Gasteiger partial charge >= 0.3 is 0 Å². The molecule has 268 valence electrons. The summed E-state index contributed by atoms with van der Waals surface area (Å²) in [5, 5.41) is 12.6. The summed E-state index contributed by atoms with van der Waals surface area (Å²) >= 11 is 0. The van der Waals surface area contributed by atoms with Crippen molar-refractivity contribution in [2.24, 2.45) is 0 Å². The Morgan fingerprint density at radius 3 is 1.64 bits per heavy atom. The van der Waals surface area contributed by atoms with Crippen molar-refractivity contribution in [2.45, 2.75) is 5.41 Å². The number of para-hydroxylation sites is 1. The summed E-state index contributed by atoms with van der Waals surface area (Å²) in [4.78, 5) is 0. The van der Waals surface area contributed by atoms with Crippen molar-refractivity contribution in [3.63, 3.8) is 0 Å². The van der Waals surface area contributed by atoms with Crippen LogP contribution in [0.5, 0.6) is 0 Å². The lowest BCUT2D eigenvalue weighted by Gasteiger charge is -2.34. The van der Waals surface area contributed by atoms with Gasteiger partial charge in [-0.25, -0.2) is 0 Å². The molecule has 0 saturated carbocycles. The molecule has 0 bridgehead atoms. The Morgan fingerprint density at radius 1 is 0.310 bits per heavy atom. The molecule has 13 rings (SSSR count). The molecule has 12 aromatic rings. The van der Waals surface area contributed by atoms with Gasteiger partial charge in [0.05, 0.1) is 5.41 Å². The average molecular weight is 735 g/mol. The number of hydrogen-bond donors (Lipinski definition) is 0. The van der Waals surface area contributed by atoms with Gasteiger partial charge in [0.2, 0.25) is 0 Å². The molecule has 1 heterocycles. The van der Waals surface area contributed by atoms with Crippen LogP contribution in [-0.4, -0.2) is 0 Å². The summed E-state index contributed by atoms with van der Waals surface area (Å²) in [5.74, 6) is 0. The molecule has 0 amide bonds. The van der Waals surface area contributed by atoms with Crippen molar-refractivity contribution in [3.05, 3.63) is 229 Å². The Labute approximate surface area is 335 Å². The van der Waals surface area contributed by atoms with E-state index in [1.165, 1.54) is 98.7 Å². The molecular formula is C57H34O. The van der Waals surface area contributed by atoms with Crippen LogP contribution in [0.1, 0.15) is 22.3 Å². The van der Waals surface area contributed by atoms with Crippen LogP contribution in [0.3, 0.4) is 0 Å². The van der Waals surface area contributed by atoms with E-state index in [9.17, 15) is 0 Å². The van der Waals surface area contributed by atoms with Crippen LogP contribution in [0.4, 0.5) is 0 Å². The molecular weight excluding hydrogens is 701 g/mol. The Balaban J connectivity index is 1.15. The normalized spacial score (nSPS) is 13.3. The second kappa shape index (κ2) is 11.8. The Kier molecular flexibility index (Phi) is 6.43. The Bertz CT molecular complexity index is 3510. The van der Waals surface area contributed by atoms with Crippen molar-refractivity contribution in [1.29, 1.82) is 0 Å². The monoisotopic (exact) mass is 734 g/mol. The fourth-order valence-electron chi connectivity index (χ4n) is 10.6. The molecule has 11 aromatic carbocycles. The first-order chi connectivity index (χ1) is 28.7. The van der Waals surface area contributed by atoms with E-state index in [1.54, 1.807) is 0 Å². The van der Waals surface area contributed by atoms with Gasteiger partial charge in [-0.3, -0.25) is 0 Å². The van der Waals surface area contributed by atoms with E-state index < -0.39 is 5.41 Å². The molecule has 1 heteroatoms. The summed E-state index contributed by atoms with van der Waals surface area (Å²) in [5.41, 5.74) is 13.8. The van der Waals surface area contributed by atoms with E-state index in [0.717, 1.165) is 21.9 Å². The zero-order valence-corrected chi connectivity index (χ0v) is 31.5. The third-order valence-electron chi connectivity index (χ3n) is 13.0. The average Bonchev–Trinajstić information content (AvgIpc) is 3.80. The molecule has 0 atom stereocenters. The van der Waals surface area contributed by atoms with Gasteiger partial charge in [0.15, 0.2) is 0 Å². The number of furan rings is 1. The Morgan fingerprint density at radius 2 is 0.897 bits per heavy atom. The molecule has 1 aliphatic rings. The fourth-order valence-corrected chi connectivity index (χ4v) is 10.6. The first-order valence-electron chi connectivity index (χ1n) is 20.2. The highest BCUT2D eigenvalue weighted by atomic mass is 16.3. The molecule has 1 aliphatic carbocycles. The van der Waals surface area contributed by atoms with Gasteiger partial charge in [0.25, 0.3) is 0 Å². The van der Waals surface area contributed by atoms with E-state index in [0.29, 0.717) is 0 Å². The highest BCUT2D eigenvalue weighted by Crippen LogP contribution is 2.60. The van der Waals surface area contributed by atoms with Crippen molar-refractivity contribution in [2.75, 3.05) is 0 Å². The molecule has 0 N–H and O–H groups in total. The third-order valence-corrected chi connectivity index (χ3v) is 13.0. The molecule has 58 heavy (non-hydrogen) atoms. The van der Waals surface area contributed by atoms with E-state index in [2.05, 4.69) is 200 Å². The maximum absolute atomic E-state index is 6.35. The summed E-state index contributed by atoms with van der Waals surface area (Å²) in [6.07, 6.45) is 0. The van der Waals surface area contributed by atoms with Crippen LogP contribution < -0.4 is 0 Å². The first kappa shape index (κ1) is 31.7. The van der Waals surface area contributed by atoms with Crippen molar-refractivity contribution in [1.82, 2.24) is 0 Å². The summed E-state index contributed by atoms with van der Waals surface area (Å²) in [6, 6.07) is 76.7. The third kappa shape index (κ3) is 4.25. The fraction of sp³-hybridized carbons (Fsp3) is 0.0175. The smallest absolute Gasteiger partial charge is 0.135 e. The number of benzene rings is 11. The van der Waals surface area contributed by atoms with Gasteiger partial charge < -0.3 is 4.42 Å². The molecule has 0 radical (unpaired) electrons. The minimum Gasteiger partial charge on any atom is -0.456 e. The Hall–Kier alpha value is -7.48. The zero-order chi connectivity index (χ0) is 38.0. The lowest BCUT2D eigenvalue weighted by atomic mass is 9.67. The quantitative estimate of drug-likeness (QED) is 0.164. The van der Waals surface area contributed by atoms with E-state index in [4.69, 9.17) is 4.42 Å². The largest absolute Gasteiger partial charge is 0.456 e. The minimum absolute atomic E-state index is 0.579. The molecule has 0 aliphatic heterocycles. The van der Waals surface area contributed by atoms with Gasteiger partial charge in [-0.1, -0.05) is 164 Å². The lowest BCUT2D eigenvalue weighted by molar-refractivity contribution is 0.669. The molecule has 0 fully saturated rings. The SMILES string of the molecule is c1ccc(C2(c3ccccc3)c3cc(-c4cc5ccc6cccc7ccc(c4)c5c67)ccc3-c3c2cc2ccccc2c3-c2ccc3oc4ccccc4c3c2)cc1. The molecule has 0 saturated heterocycles. The standard InChI is InChI=1S/C57H34O/c1-3-15-43(16-4-1)57(44-17-5-2-6-18-44)49-33-37(42-30-39-24-22-35-13-11-14-36-23-25-40(31-42)54(39)53(35)36)26-28-47(49)56-50(57)34-38-12-7-8-19-45(38)55(56)41-27-29-52-48(32-41)46-20-9-10-21-51(46)58-52/h1-34H. The summed E-state index contributed by atoms with van der Waals surface area (Å²) in [6.45, 7) is 0. The second-order valence-electron chi connectivity index (χ2n) is 16.0. The minimum atomic E-state index is -0.579. The van der Waals surface area contributed by atoms with Gasteiger partial charge in [-0.05, 0) is 141 Å². The van der Waals surface area contributed by atoms with E-state index >= 15 is 0 Å².